The fraction of sp³-hybridized carbons (Fsp3) is 0.545. The molecule has 0 aromatic carbocycles. The predicted molar refractivity (Wildman–Crippen MR) is 66.2 cm³/mol. The average molecular weight is 258 g/mol. The first-order valence-corrected chi connectivity index (χ1v) is 5.87. The highest BCUT2D eigenvalue weighted by Crippen LogP contribution is 2.03. The van der Waals surface area contributed by atoms with Crippen LogP contribution in [0.25, 0.3) is 0 Å². The van der Waals surface area contributed by atoms with Crippen LogP contribution >= 0.6 is 11.6 Å². The van der Waals surface area contributed by atoms with Gasteiger partial charge in [-0.15, -0.1) is 0 Å². The molecule has 6 heteroatoms. The second-order valence-electron chi connectivity index (χ2n) is 3.68. The molecule has 1 rings (SSSR count). The molecule has 0 bridgehead atoms. The van der Waals surface area contributed by atoms with E-state index in [2.05, 4.69) is 4.98 Å². The molecule has 17 heavy (non-hydrogen) atoms. The molecule has 1 amide bonds. The minimum atomic E-state index is -0.292. The van der Waals surface area contributed by atoms with Gasteiger partial charge < -0.3 is 4.90 Å². The molecule has 0 fully saturated rings. The van der Waals surface area contributed by atoms with E-state index in [1.807, 2.05) is 13.8 Å². The molecule has 0 unspecified atom stereocenters. The number of hydrogen-bond donors (Lipinski definition) is 0. The number of hydrogen-bond acceptors (Lipinski definition) is 3. The Morgan fingerprint density at radius 3 is 2.71 bits per heavy atom. The minimum Gasteiger partial charge on any atom is -0.344 e. The molecule has 0 saturated heterocycles. The molecule has 5 nitrogen and oxygen atoms in total. The Balaban J connectivity index is 3.06. The van der Waals surface area contributed by atoms with Gasteiger partial charge in [-0.3, -0.25) is 14.2 Å². The Kier molecular flexibility index (Phi) is 4.69. The van der Waals surface area contributed by atoms with Crippen LogP contribution in [0.1, 0.15) is 19.7 Å². The van der Waals surface area contributed by atoms with E-state index in [-0.39, 0.29) is 23.2 Å². The highest BCUT2D eigenvalue weighted by molar-refractivity contribution is 6.29. The molecular weight excluding hydrogens is 242 g/mol. The summed E-state index contributed by atoms with van der Waals surface area (Å²) in [5.41, 5.74) is -0.292. The van der Waals surface area contributed by atoms with Gasteiger partial charge in [0.15, 0.2) is 0 Å². The maximum absolute atomic E-state index is 11.8. The predicted octanol–water partition coefficient (Wildman–Crippen LogP) is 0.937. The highest BCUT2D eigenvalue weighted by Gasteiger charge is 2.12. The van der Waals surface area contributed by atoms with Crippen molar-refractivity contribution < 1.29 is 4.79 Å². The van der Waals surface area contributed by atoms with Crippen molar-refractivity contribution in [3.05, 3.63) is 27.4 Å². The van der Waals surface area contributed by atoms with Crippen molar-refractivity contribution in [2.75, 3.05) is 13.6 Å². The average Bonchev–Trinajstić information content (AvgIpc) is 2.30. The lowest BCUT2D eigenvalue weighted by atomic mass is 10.4. The van der Waals surface area contributed by atoms with E-state index in [1.165, 1.54) is 10.6 Å². The van der Waals surface area contributed by atoms with Gasteiger partial charge in [-0.2, -0.15) is 0 Å². The molecule has 0 aliphatic carbocycles. The van der Waals surface area contributed by atoms with Gasteiger partial charge in [0.2, 0.25) is 5.91 Å². The number of halogens is 1. The van der Waals surface area contributed by atoms with Gasteiger partial charge >= 0.3 is 0 Å². The van der Waals surface area contributed by atoms with E-state index in [1.54, 1.807) is 11.9 Å². The molecule has 1 heterocycles. The first-order valence-electron chi connectivity index (χ1n) is 5.49. The Morgan fingerprint density at radius 2 is 2.18 bits per heavy atom. The summed E-state index contributed by atoms with van der Waals surface area (Å²) in [6, 6.07) is 1.22. The molecule has 0 radical (unpaired) electrons. The summed E-state index contributed by atoms with van der Waals surface area (Å²) in [6.07, 6.45) is 0.554. The number of likely N-dealkylation sites (N-methyl/N-ethyl adjacent to an activating group) is 1. The first-order chi connectivity index (χ1) is 7.99. The maximum Gasteiger partial charge on any atom is 0.255 e. The van der Waals surface area contributed by atoms with E-state index >= 15 is 0 Å². The van der Waals surface area contributed by atoms with Crippen molar-refractivity contribution in [1.29, 1.82) is 0 Å². The summed E-state index contributed by atoms with van der Waals surface area (Å²) >= 11 is 5.71. The molecular formula is C11H16ClN3O2. The van der Waals surface area contributed by atoms with Gasteiger partial charge in [0.1, 0.15) is 17.5 Å². The fourth-order valence-electron chi connectivity index (χ4n) is 1.39. The van der Waals surface area contributed by atoms with E-state index in [9.17, 15) is 9.59 Å². The molecule has 1 aromatic rings. The van der Waals surface area contributed by atoms with Crippen molar-refractivity contribution in [3.63, 3.8) is 0 Å². The lowest BCUT2D eigenvalue weighted by molar-refractivity contribution is -0.130. The van der Waals surface area contributed by atoms with E-state index in [0.717, 1.165) is 0 Å². The Hall–Kier alpha value is -1.36. The van der Waals surface area contributed by atoms with Crippen LogP contribution in [0, 0.1) is 0 Å². The zero-order chi connectivity index (χ0) is 13.0. The number of aryl methyl sites for hydroxylation is 1. The van der Waals surface area contributed by atoms with E-state index in [4.69, 9.17) is 11.6 Å². The lowest BCUT2D eigenvalue weighted by Gasteiger charge is -2.16. The second kappa shape index (κ2) is 5.82. The van der Waals surface area contributed by atoms with Crippen LogP contribution in [0.15, 0.2) is 10.9 Å². The number of carbonyl (C=O) groups is 1. The summed E-state index contributed by atoms with van der Waals surface area (Å²) in [5.74, 6) is 0.411. The fourth-order valence-corrected chi connectivity index (χ4v) is 1.59. The number of carbonyl (C=O) groups excluding carboxylic acids is 1. The SMILES string of the molecule is CCc1nc(Cl)cc(=O)n1CC(=O)N(C)CC. The molecule has 1 aromatic heterocycles. The van der Waals surface area contributed by atoms with Crippen LogP contribution in [-0.4, -0.2) is 34.0 Å². The third kappa shape index (κ3) is 3.30. The van der Waals surface area contributed by atoms with Gasteiger partial charge in [-0.05, 0) is 6.92 Å². The van der Waals surface area contributed by atoms with Crippen molar-refractivity contribution in [2.24, 2.45) is 0 Å². The molecule has 0 saturated carbocycles. The van der Waals surface area contributed by atoms with Crippen LogP contribution in [0.5, 0.6) is 0 Å². The summed E-state index contributed by atoms with van der Waals surface area (Å²) in [5, 5.41) is 0.166. The van der Waals surface area contributed by atoms with E-state index < -0.39 is 0 Å². The standard InChI is InChI=1S/C11H16ClN3O2/c1-4-9-13-8(12)6-10(16)15(9)7-11(17)14(3)5-2/h6H,4-5,7H2,1-3H3. The zero-order valence-corrected chi connectivity index (χ0v) is 11.0. The van der Waals surface area contributed by atoms with Gasteiger partial charge in [0.25, 0.3) is 5.56 Å². The largest absolute Gasteiger partial charge is 0.344 e. The molecule has 0 aliphatic heterocycles. The summed E-state index contributed by atoms with van der Waals surface area (Å²) in [4.78, 5) is 29.1. The highest BCUT2D eigenvalue weighted by atomic mass is 35.5. The van der Waals surface area contributed by atoms with Crippen LogP contribution in [0.2, 0.25) is 5.15 Å². The zero-order valence-electron chi connectivity index (χ0n) is 10.2. The van der Waals surface area contributed by atoms with E-state index in [0.29, 0.717) is 18.8 Å². The second-order valence-corrected chi connectivity index (χ2v) is 4.07. The smallest absolute Gasteiger partial charge is 0.255 e. The normalized spacial score (nSPS) is 10.4. The summed E-state index contributed by atoms with van der Waals surface area (Å²) in [7, 11) is 1.70. The van der Waals surface area contributed by atoms with Crippen LogP contribution in [0.3, 0.4) is 0 Å². The topological polar surface area (TPSA) is 55.2 Å². The number of aromatic nitrogens is 2. The molecule has 0 atom stereocenters. The number of rotatable bonds is 4. The molecule has 0 aliphatic rings. The molecule has 0 N–H and O–H groups in total. The quantitative estimate of drug-likeness (QED) is 0.755. The summed E-state index contributed by atoms with van der Waals surface area (Å²) < 4.78 is 1.36. The lowest BCUT2D eigenvalue weighted by Crippen LogP contribution is -2.35. The number of amides is 1. The number of nitrogens with zero attached hydrogens (tertiary/aromatic N) is 3. The monoisotopic (exact) mass is 257 g/mol. The van der Waals surface area contributed by atoms with Crippen molar-refractivity contribution >= 4 is 17.5 Å². The Morgan fingerprint density at radius 1 is 1.53 bits per heavy atom. The summed E-state index contributed by atoms with van der Waals surface area (Å²) in [6.45, 7) is 4.36. The van der Waals surface area contributed by atoms with Gasteiger partial charge in [0, 0.05) is 26.1 Å². The molecule has 94 valence electrons. The van der Waals surface area contributed by atoms with Crippen LogP contribution in [0.4, 0.5) is 0 Å². The van der Waals surface area contributed by atoms with Gasteiger partial charge in [-0.1, -0.05) is 18.5 Å². The Labute approximate surface area is 105 Å². The van der Waals surface area contributed by atoms with Crippen molar-refractivity contribution in [3.8, 4) is 0 Å². The van der Waals surface area contributed by atoms with Gasteiger partial charge in [-0.25, -0.2) is 4.98 Å². The first kappa shape index (κ1) is 13.7. The van der Waals surface area contributed by atoms with Crippen LogP contribution < -0.4 is 5.56 Å². The van der Waals surface area contributed by atoms with Gasteiger partial charge in [0.05, 0.1) is 0 Å². The van der Waals surface area contributed by atoms with Crippen LogP contribution in [-0.2, 0) is 17.8 Å². The third-order valence-corrected chi connectivity index (χ3v) is 2.76. The minimum absolute atomic E-state index is 0.0104. The Bertz CT molecular complexity index is 470. The van der Waals surface area contributed by atoms with Crippen molar-refractivity contribution in [1.82, 2.24) is 14.5 Å². The van der Waals surface area contributed by atoms with Crippen molar-refractivity contribution in [2.45, 2.75) is 26.8 Å². The molecule has 0 spiro atoms. The third-order valence-electron chi connectivity index (χ3n) is 2.57. The maximum atomic E-state index is 11.8.